The molecule has 1 aliphatic carbocycles. The van der Waals surface area contributed by atoms with Crippen LogP contribution in [0.15, 0.2) is 22.7 Å². The van der Waals surface area contributed by atoms with Crippen LogP contribution in [0.25, 0.3) is 0 Å². The summed E-state index contributed by atoms with van der Waals surface area (Å²) in [7, 11) is 0. The topological polar surface area (TPSA) is 74.2 Å². The van der Waals surface area contributed by atoms with Crippen LogP contribution in [-0.2, 0) is 4.74 Å². The minimum absolute atomic E-state index is 0.169. The summed E-state index contributed by atoms with van der Waals surface area (Å²) in [5.41, 5.74) is 1.17. The maximum Gasteiger partial charge on any atom is 0.407 e. The molecule has 1 aromatic carbocycles. The monoisotopic (exact) mass is 393 g/mol. The molecule has 1 fully saturated rings. The van der Waals surface area contributed by atoms with Crippen LogP contribution < -0.4 is 10.6 Å². The van der Waals surface area contributed by atoms with Crippen molar-refractivity contribution in [3.63, 3.8) is 0 Å². The third kappa shape index (κ3) is 5.72. The van der Waals surface area contributed by atoms with Crippen LogP contribution in [0.2, 0.25) is 0 Å². The summed E-state index contributed by atoms with van der Waals surface area (Å²) >= 11 is 3.50. The molecule has 0 aliphatic heterocycles. The molecule has 0 saturated heterocycles. The molecule has 0 heterocycles. The number of nitrogens with zero attached hydrogens (tertiary/aromatic N) is 1. The summed E-state index contributed by atoms with van der Waals surface area (Å²) < 4.78 is 6.20. The van der Waals surface area contributed by atoms with Crippen molar-refractivity contribution >= 4 is 27.7 Å². The van der Waals surface area contributed by atoms with E-state index in [4.69, 9.17) is 10.00 Å². The number of nitrogens with one attached hydrogen (secondary N) is 2. The van der Waals surface area contributed by atoms with Gasteiger partial charge in [0.2, 0.25) is 0 Å². The Hall–Kier alpha value is -1.74. The molecule has 0 aromatic heterocycles. The highest BCUT2D eigenvalue weighted by atomic mass is 79.9. The molecular formula is C18H24BrN3O2. The van der Waals surface area contributed by atoms with Crippen molar-refractivity contribution in [1.82, 2.24) is 5.32 Å². The average molecular weight is 394 g/mol. The number of ether oxygens (including phenoxy) is 1. The molecule has 24 heavy (non-hydrogen) atoms. The molecule has 2 rings (SSSR count). The molecule has 130 valence electrons. The maximum atomic E-state index is 11.8. The predicted molar refractivity (Wildman–Crippen MR) is 97.9 cm³/mol. The van der Waals surface area contributed by atoms with Crippen LogP contribution in [0.3, 0.4) is 0 Å². The second kappa shape index (κ2) is 7.89. The van der Waals surface area contributed by atoms with Crippen LogP contribution >= 0.6 is 15.9 Å². The number of carbonyl (C=O) groups excluding carboxylic acids is 1. The fraction of sp³-hybridized carbons (Fsp3) is 0.556. The van der Waals surface area contributed by atoms with Crippen molar-refractivity contribution in [1.29, 1.82) is 5.26 Å². The summed E-state index contributed by atoms with van der Waals surface area (Å²) in [4.78, 5) is 11.8. The Labute approximate surface area is 151 Å². The largest absolute Gasteiger partial charge is 0.444 e. The van der Waals surface area contributed by atoms with Crippen LogP contribution in [0.4, 0.5) is 10.5 Å². The molecule has 0 unspecified atom stereocenters. The van der Waals surface area contributed by atoms with Crippen molar-refractivity contribution < 1.29 is 9.53 Å². The number of halogens is 1. The predicted octanol–water partition coefficient (Wildman–Crippen LogP) is 4.57. The third-order valence-electron chi connectivity index (χ3n) is 3.91. The van der Waals surface area contributed by atoms with Gasteiger partial charge in [-0.25, -0.2) is 4.79 Å². The molecule has 1 amide bonds. The molecular weight excluding hydrogens is 370 g/mol. The van der Waals surface area contributed by atoms with Crippen molar-refractivity contribution in [3.05, 3.63) is 28.2 Å². The van der Waals surface area contributed by atoms with E-state index in [0.29, 0.717) is 11.6 Å². The van der Waals surface area contributed by atoms with E-state index in [1.807, 2.05) is 39.0 Å². The van der Waals surface area contributed by atoms with Crippen LogP contribution in [0, 0.1) is 11.3 Å². The van der Waals surface area contributed by atoms with Gasteiger partial charge in [-0.3, -0.25) is 0 Å². The molecule has 2 N–H and O–H groups in total. The first-order valence-electron chi connectivity index (χ1n) is 8.22. The SMILES string of the molecule is CC(C)(C)OC(=O)NC1CCC(Nc2ccc(C#N)cc2Br)CC1. The highest BCUT2D eigenvalue weighted by Crippen LogP contribution is 2.28. The van der Waals surface area contributed by atoms with E-state index in [-0.39, 0.29) is 12.1 Å². The summed E-state index contributed by atoms with van der Waals surface area (Å²) in [6, 6.07) is 8.21. The normalized spacial score (nSPS) is 20.8. The lowest BCUT2D eigenvalue weighted by Crippen LogP contribution is -2.42. The van der Waals surface area contributed by atoms with Gasteiger partial charge in [0.1, 0.15) is 5.60 Å². The Bertz CT molecular complexity index is 626. The Kier molecular flexibility index (Phi) is 6.11. The number of rotatable bonds is 3. The molecule has 0 radical (unpaired) electrons. The minimum Gasteiger partial charge on any atom is -0.444 e. The summed E-state index contributed by atoms with van der Waals surface area (Å²) in [6.45, 7) is 5.59. The fourth-order valence-electron chi connectivity index (χ4n) is 2.78. The van der Waals surface area contributed by atoms with E-state index in [9.17, 15) is 4.79 Å². The Balaban J connectivity index is 1.81. The summed E-state index contributed by atoms with van der Waals surface area (Å²) in [6.07, 6.45) is 3.46. The first-order chi connectivity index (χ1) is 11.3. The van der Waals surface area contributed by atoms with E-state index < -0.39 is 5.60 Å². The number of alkyl carbamates (subject to hydrolysis) is 1. The van der Waals surface area contributed by atoms with Crippen molar-refractivity contribution in [2.24, 2.45) is 0 Å². The summed E-state index contributed by atoms with van der Waals surface area (Å²) in [5, 5.41) is 15.4. The molecule has 6 heteroatoms. The Morgan fingerprint density at radius 3 is 2.42 bits per heavy atom. The van der Waals surface area contributed by atoms with E-state index >= 15 is 0 Å². The molecule has 0 atom stereocenters. The van der Waals surface area contributed by atoms with Gasteiger partial charge in [0, 0.05) is 22.2 Å². The lowest BCUT2D eigenvalue weighted by Gasteiger charge is -2.31. The smallest absolute Gasteiger partial charge is 0.407 e. The maximum absolute atomic E-state index is 11.8. The van der Waals surface area contributed by atoms with Gasteiger partial charge < -0.3 is 15.4 Å². The molecule has 0 spiro atoms. The van der Waals surface area contributed by atoms with Gasteiger partial charge >= 0.3 is 6.09 Å². The molecule has 0 bridgehead atoms. The third-order valence-corrected chi connectivity index (χ3v) is 4.56. The first kappa shape index (κ1) is 18.6. The van der Waals surface area contributed by atoms with Gasteiger partial charge in [-0.2, -0.15) is 5.26 Å². The number of amides is 1. The van der Waals surface area contributed by atoms with Crippen LogP contribution in [-0.4, -0.2) is 23.8 Å². The van der Waals surface area contributed by atoms with E-state index in [1.54, 1.807) is 0 Å². The number of nitriles is 1. The van der Waals surface area contributed by atoms with Gasteiger partial charge in [-0.1, -0.05) is 0 Å². The number of anilines is 1. The Morgan fingerprint density at radius 1 is 1.25 bits per heavy atom. The van der Waals surface area contributed by atoms with Crippen LogP contribution in [0.5, 0.6) is 0 Å². The fourth-order valence-corrected chi connectivity index (χ4v) is 3.27. The van der Waals surface area contributed by atoms with Crippen molar-refractivity contribution in [3.8, 4) is 6.07 Å². The minimum atomic E-state index is -0.468. The van der Waals surface area contributed by atoms with E-state index in [1.165, 1.54) is 0 Å². The van der Waals surface area contributed by atoms with E-state index in [2.05, 4.69) is 32.6 Å². The molecule has 5 nitrogen and oxygen atoms in total. The number of hydrogen-bond donors (Lipinski definition) is 2. The average Bonchev–Trinajstić information content (AvgIpc) is 2.49. The first-order valence-corrected chi connectivity index (χ1v) is 9.02. The molecule has 1 saturated carbocycles. The van der Waals surface area contributed by atoms with Gasteiger partial charge in [0.15, 0.2) is 0 Å². The number of hydrogen-bond acceptors (Lipinski definition) is 4. The summed E-state index contributed by atoms with van der Waals surface area (Å²) in [5.74, 6) is 0. The molecule has 1 aromatic rings. The van der Waals surface area contributed by atoms with Crippen LogP contribution in [0.1, 0.15) is 52.0 Å². The highest BCUT2D eigenvalue weighted by Gasteiger charge is 2.25. The molecule has 1 aliphatic rings. The number of benzene rings is 1. The standard InChI is InChI=1S/C18H24BrN3O2/c1-18(2,3)24-17(23)22-14-7-5-13(6-8-14)21-16-9-4-12(11-20)10-15(16)19/h4,9-10,13-14,21H,5-8H2,1-3H3,(H,22,23). The van der Waals surface area contributed by atoms with Gasteiger partial charge in [0.05, 0.1) is 11.6 Å². The van der Waals surface area contributed by atoms with Gasteiger partial charge in [-0.15, -0.1) is 0 Å². The quantitative estimate of drug-likeness (QED) is 0.788. The zero-order valence-corrected chi connectivity index (χ0v) is 15.9. The lowest BCUT2D eigenvalue weighted by atomic mass is 9.91. The van der Waals surface area contributed by atoms with Crippen molar-refractivity contribution in [2.75, 3.05) is 5.32 Å². The second-order valence-electron chi connectivity index (χ2n) is 7.15. The Morgan fingerprint density at radius 2 is 1.88 bits per heavy atom. The van der Waals surface area contributed by atoms with E-state index in [0.717, 1.165) is 35.8 Å². The van der Waals surface area contributed by atoms with Gasteiger partial charge in [-0.05, 0) is 80.6 Å². The van der Waals surface area contributed by atoms with Gasteiger partial charge in [0.25, 0.3) is 0 Å². The number of carbonyl (C=O) groups is 1. The van der Waals surface area contributed by atoms with Crippen molar-refractivity contribution in [2.45, 2.75) is 64.1 Å². The highest BCUT2D eigenvalue weighted by molar-refractivity contribution is 9.10. The lowest BCUT2D eigenvalue weighted by molar-refractivity contribution is 0.0492. The zero-order valence-electron chi connectivity index (χ0n) is 14.4. The second-order valence-corrected chi connectivity index (χ2v) is 8.00. The zero-order chi connectivity index (χ0) is 17.7.